The van der Waals surface area contributed by atoms with Crippen molar-refractivity contribution < 1.29 is 0 Å². The average molecular weight is 178 g/mol. The molecule has 2 N–H and O–H groups in total. The maximum absolute atomic E-state index is 6.25. The maximum Gasteiger partial charge on any atom is 0.0419 e. The molecule has 0 aliphatic heterocycles. The number of nitrogens with zero attached hydrogens (tertiary/aromatic N) is 1. The first kappa shape index (κ1) is 10.2. The zero-order valence-corrected chi connectivity index (χ0v) is 8.67. The highest BCUT2D eigenvalue weighted by Crippen LogP contribution is 2.25. The van der Waals surface area contributed by atoms with Gasteiger partial charge >= 0.3 is 0 Å². The topological polar surface area (TPSA) is 38.9 Å². The van der Waals surface area contributed by atoms with Crippen LogP contribution in [0.15, 0.2) is 18.5 Å². The van der Waals surface area contributed by atoms with Crippen LogP contribution in [0.5, 0.6) is 0 Å². The molecule has 72 valence electrons. The summed E-state index contributed by atoms with van der Waals surface area (Å²) in [6.07, 6.45) is 5.64. The Labute approximate surface area is 80.2 Å². The van der Waals surface area contributed by atoms with E-state index in [9.17, 15) is 0 Å². The second-order valence-corrected chi connectivity index (χ2v) is 3.61. The lowest BCUT2D eigenvalue weighted by molar-refractivity contribution is 0.411. The van der Waals surface area contributed by atoms with E-state index in [4.69, 9.17) is 5.73 Å². The van der Waals surface area contributed by atoms with Gasteiger partial charge in [0, 0.05) is 17.9 Å². The Balaban J connectivity index is 3.05. The number of nitrogens with two attached hydrogens (primary N) is 1. The van der Waals surface area contributed by atoms with Crippen LogP contribution in [-0.4, -0.2) is 4.98 Å². The van der Waals surface area contributed by atoms with E-state index in [1.54, 1.807) is 0 Å². The first-order chi connectivity index (χ1) is 6.12. The van der Waals surface area contributed by atoms with E-state index in [-0.39, 0.29) is 5.54 Å². The van der Waals surface area contributed by atoms with Gasteiger partial charge in [0.15, 0.2) is 0 Å². The summed E-state index contributed by atoms with van der Waals surface area (Å²) in [5.41, 5.74) is 8.38. The van der Waals surface area contributed by atoms with E-state index in [1.807, 2.05) is 19.3 Å². The zero-order valence-electron chi connectivity index (χ0n) is 8.67. The second kappa shape index (κ2) is 3.88. The van der Waals surface area contributed by atoms with Crippen LogP contribution in [0.2, 0.25) is 0 Å². The van der Waals surface area contributed by atoms with Crippen molar-refractivity contribution in [3.05, 3.63) is 29.6 Å². The molecular formula is C11H18N2. The van der Waals surface area contributed by atoms with Crippen LogP contribution in [0, 0.1) is 6.92 Å². The molecule has 1 rings (SSSR count). The molecule has 0 unspecified atom stereocenters. The van der Waals surface area contributed by atoms with Gasteiger partial charge in [0.1, 0.15) is 0 Å². The monoisotopic (exact) mass is 178 g/mol. The van der Waals surface area contributed by atoms with Gasteiger partial charge in [-0.25, -0.2) is 0 Å². The van der Waals surface area contributed by atoms with Crippen LogP contribution in [-0.2, 0) is 5.54 Å². The highest BCUT2D eigenvalue weighted by Gasteiger charge is 2.22. The summed E-state index contributed by atoms with van der Waals surface area (Å²) in [5, 5.41) is 0. The summed E-state index contributed by atoms with van der Waals surface area (Å²) < 4.78 is 0. The molecule has 0 bridgehead atoms. The summed E-state index contributed by atoms with van der Waals surface area (Å²) in [7, 11) is 0. The second-order valence-electron chi connectivity index (χ2n) is 3.61. The third kappa shape index (κ3) is 2.07. The van der Waals surface area contributed by atoms with E-state index in [1.165, 1.54) is 5.56 Å². The van der Waals surface area contributed by atoms with Crippen LogP contribution < -0.4 is 5.73 Å². The molecule has 2 heteroatoms. The van der Waals surface area contributed by atoms with Crippen LogP contribution in [0.4, 0.5) is 0 Å². The Bertz CT molecular complexity index is 277. The fourth-order valence-corrected chi connectivity index (χ4v) is 1.49. The minimum Gasteiger partial charge on any atom is -0.321 e. The molecule has 1 aromatic rings. The minimum atomic E-state index is -0.195. The van der Waals surface area contributed by atoms with Gasteiger partial charge in [0.25, 0.3) is 0 Å². The molecule has 2 nitrogen and oxygen atoms in total. The molecule has 1 heterocycles. The van der Waals surface area contributed by atoms with Gasteiger partial charge in [0.2, 0.25) is 0 Å². The lowest BCUT2D eigenvalue weighted by Gasteiger charge is -2.27. The molecule has 0 radical (unpaired) electrons. The van der Waals surface area contributed by atoms with Crippen molar-refractivity contribution in [1.82, 2.24) is 4.98 Å². The highest BCUT2D eigenvalue weighted by atomic mass is 14.8. The Morgan fingerprint density at radius 2 is 1.92 bits per heavy atom. The summed E-state index contributed by atoms with van der Waals surface area (Å²) >= 11 is 0. The molecule has 13 heavy (non-hydrogen) atoms. The van der Waals surface area contributed by atoms with Crippen molar-refractivity contribution in [1.29, 1.82) is 0 Å². The number of aryl methyl sites for hydroxylation is 1. The van der Waals surface area contributed by atoms with Gasteiger partial charge < -0.3 is 5.73 Å². The van der Waals surface area contributed by atoms with E-state index < -0.39 is 0 Å². The molecule has 0 saturated carbocycles. The molecular weight excluding hydrogens is 160 g/mol. The fourth-order valence-electron chi connectivity index (χ4n) is 1.49. The molecule has 0 aliphatic carbocycles. The van der Waals surface area contributed by atoms with E-state index >= 15 is 0 Å². The molecule has 0 fully saturated rings. The number of aromatic nitrogens is 1. The number of hydrogen-bond acceptors (Lipinski definition) is 2. The van der Waals surface area contributed by atoms with Crippen molar-refractivity contribution >= 4 is 0 Å². The van der Waals surface area contributed by atoms with Gasteiger partial charge in [-0.1, -0.05) is 19.9 Å². The van der Waals surface area contributed by atoms with Crippen molar-refractivity contribution in [2.75, 3.05) is 0 Å². The third-order valence-electron chi connectivity index (χ3n) is 2.71. The largest absolute Gasteiger partial charge is 0.321 e. The SMILES string of the molecule is CCC(N)(CC)c1cncc(C)c1. The molecule has 0 saturated heterocycles. The lowest BCUT2D eigenvalue weighted by atomic mass is 9.86. The van der Waals surface area contributed by atoms with Gasteiger partial charge in [-0.2, -0.15) is 0 Å². The quantitative estimate of drug-likeness (QED) is 0.771. The summed E-state index contributed by atoms with van der Waals surface area (Å²) in [5.74, 6) is 0. The summed E-state index contributed by atoms with van der Waals surface area (Å²) in [4.78, 5) is 4.17. The Morgan fingerprint density at radius 1 is 1.31 bits per heavy atom. The first-order valence-electron chi connectivity index (χ1n) is 4.83. The lowest BCUT2D eigenvalue weighted by Crippen LogP contribution is -2.35. The maximum atomic E-state index is 6.25. The molecule has 0 aromatic carbocycles. The van der Waals surface area contributed by atoms with E-state index in [0.717, 1.165) is 18.4 Å². The average Bonchev–Trinajstić information content (AvgIpc) is 2.17. The Kier molecular flexibility index (Phi) is 3.04. The molecule has 0 aliphatic rings. The van der Waals surface area contributed by atoms with Crippen LogP contribution in [0.1, 0.15) is 37.8 Å². The van der Waals surface area contributed by atoms with E-state index in [2.05, 4.69) is 24.9 Å². The van der Waals surface area contributed by atoms with Crippen molar-refractivity contribution in [3.63, 3.8) is 0 Å². The fraction of sp³-hybridized carbons (Fsp3) is 0.545. The van der Waals surface area contributed by atoms with Crippen molar-refractivity contribution in [3.8, 4) is 0 Å². The normalized spacial score (nSPS) is 11.7. The van der Waals surface area contributed by atoms with Gasteiger partial charge in [-0.15, -0.1) is 0 Å². The van der Waals surface area contributed by atoms with Crippen molar-refractivity contribution in [2.24, 2.45) is 5.73 Å². The summed E-state index contributed by atoms with van der Waals surface area (Å²) in [6.45, 7) is 6.28. The number of pyridine rings is 1. The van der Waals surface area contributed by atoms with Crippen LogP contribution in [0.25, 0.3) is 0 Å². The highest BCUT2D eigenvalue weighted by molar-refractivity contribution is 5.24. The van der Waals surface area contributed by atoms with E-state index in [0.29, 0.717) is 0 Å². The van der Waals surface area contributed by atoms with Crippen molar-refractivity contribution in [2.45, 2.75) is 39.2 Å². The van der Waals surface area contributed by atoms with Gasteiger partial charge in [0.05, 0.1) is 0 Å². The Morgan fingerprint density at radius 3 is 2.38 bits per heavy atom. The van der Waals surface area contributed by atoms with Crippen LogP contribution >= 0.6 is 0 Å². The Hall–Kier alpha value is -0.890. The zero-order chi connectivity index (χ0) is 9.90. The minimum absolute atomic E-state index is 0.195. The predicted octanol–water partition coefficient (Wildman–Crippen LogP) is 2.36. The first-order valence-corrected chi connectivity index (χ1v) is 4.83. The summed E-state index contributed by atoms with van der Waals surface area (Å²) in [6, 6.07) is 2.12. The predicted molar refractivity (Wildman–Crippen MR) is 55.4 cm³/mol. The van der Waals surface area contributed by atoms with Gasteiger partial charge in [-0.3, -0.25) is 4.98 Å². The number of rotatable bonds is 3. The van der Waals surface area contributed by atoms with Crippen LogP contribution in [0.3, 0.4) is 0 Å². The van der Waals surface area contributed by atoms with Gasteiger partial charge in [-0.05, 0) is 30.9 Å². The smallest absolute Gasteiger partial charge is 0.0419 e. The standard InChI is InChI=1S/C11H18N2/c1-4-11(12,5-2)10-6-9(3)7-13-8-10/h6-8H,4-5,12H2,1-3H3. The molecule has 0 atom stereocenters. The molecule has 1 aromatic heterocycles. The third-order valence-corrected chi connectivity index (χ3v) is 2.71. The molecule has 0 spiro atoms. The number of hydrogen-bond donors (Lipinski definition) is 1. The molecule has 0 amide bonds.